The van der Waals surface area contributed by atoms with Crippen LogP contribution in [0, 0.1) is 0 Å². The van der Waals surface area contributed by atoms with Crippen molar-refractivity contribution < 1.29 is 29.1 Å². The summed E-state index contributed by atoms with van der Waals surface area (Å²) >= 11 is 1.45. The number of benzene rings is 1. The second kappa shape index (κ2) is 18.4. The molecule has 1 rings (SSSR count). The molecule has 12 N–H and O–H groups in total. The lowest BCUT2D eigenvalue weighted by Gasteiger charge is -2.25. The van der Waals surface area contributed by atoms with Crippen molar-refractivity contribution in [1.29, 1.82) is 0 Å². The number of carboxylic acid groups (broad SMARTS) is 1. The van der Waals surface area contributed by atoms with Gasteiger partial charge in [0.25, 0.3) is 0 Å². The molecule has 0 fully saturated rings. The summed E-state index contributed by atoms with van der Waals surface area (Å²) in [6.07, 6.45) is 2.41. The monoisotopic (exact) mass is 580 g/mol. The molecule has 4 unspecified atom stereocenters. The van der Waals surface area contributed by atoms with E-state index in [2.05, 4.69) is 20.9 Å². The van der Waals surface area contributed by atoms with Crippen LogP contribution in [-0.4, -0.2) is 83.4 Å². The van der Waals surface area contributed by atoms with Crippen LogP contribution in [0.2, 0.25) is 0 Å². The Morgan fingerprint density at radius 3 is 2.05 bits per heavy atom. The molecule has 1 aromatic carbocycles. The first-order valence-electron chi connectivity index (χ1n) is 12.7. The number of nitrogens with two attached hydrogens (primary N) is 4. The van der Waals surface area contributed by atoms with E-state index in [0.29, 0.717) is 12.2 Å². The van der Waals surface area contributed by atoms with Gasteiger partial charge in [0.2, 0.25) is 23.6 Å². The van der Waals surface area contributed by atoms with Crippen molar-refractivity contribution in [2.45, 2.75) is 62.7 Å². The fourth-order valence-electron chi connectivity index (χ4n) is 3.58. The molecule has 0 aliphatic rings. The van der Waals surface area contributed by atoms with Crippen molar-refractivity contribution in [3.05, 3.63) is 35.9 Å². The molecule has 222 valence electrons. The van der Waals surface area contributed by atoms with Gasteiger partial charge in [0.1, 0.15) is 18.1 Å². The van der Waals surface area contributed by atoms with Gasteiger partial charge in [-0.2, -0.15) is 11.8 Å². The SMILES string of the molecule is CSCCC(NC(=O)C(N)CCC(N)=O)C(=O)NC(Cc1ccccc1)C(=O)NC(CCCN=C(N)N)C(=O)O. The highest BCUT2D eigenvalue weighted by Crippen LogP contribution is 2.08. The van der Waals surface area contributed by atoms with Crippen LogP contribution in [0.1, 0.15) is 37.7 Å². The summed E-state index contributed by atoms with van der Waals surface area (Å²) in [6, 6.07) is 4.39. The van der Waals surface area contributed by atoms with Crippen LogP contribution < -0.4 is 38.9 Å². The van der Waals surface area contributed by atoms with Crippen molar-refractivity contribution in [3.63, 3.8) is 0 Å². The zero-order valence-corrected chi connectivity index (χ0v) is 23.3. The van der Waals surface area contributed by atoms with E-state index in [9.17, 15) is 29.1 Å². The van der Waals surface area contributed by atoms with Gasteiger partial charge in [0.05, 0.1) is 6.04 Å². The smallest absolute Gasteiger partial charge is 0.326 e. The molecular weight excluding hydrogens is 540 g/mol. The van der Waals surface area contributed by atoms with Crippen LogP contribution in [0.3, 0.4) is 0 Å². The quantitative estimate of drug-likeness (QED) is 0.0515. The van der Waals surface area contributed by atoms with Crippen LogP contribution in [0.4, 0.5) is 0 Å². The zero-order chi connectivity index (χ0) is 30.1. The Bertz CT molecular complexity index is 1020. The third-order valence-electron chi connectivity index (χ3n) is 5.76. The summed E-state index contributed by atoms with van der Waals surface area (Å²) in [6.45, 7) is 0.185. The minimum absolute atomic E-state index is 0.0107. The van der Waals surface area contributed by atoms with Crippen molar-refractivity contribution in [2.24, 2.45) is 27.9 Å². The highest BCUT2D eigenvalue weighted by Gasteiger charge is 2.30. The fourth-order valence-corrected chi connectivity index (χ4v) is 4.05. The van der Waals surface area contributed by atoms with Gasteiger partial charge in [-0.15, -0.1) is 0 Å². The first kappa shape index (κ1) is 34.2. The molecule has 0 saturated heterocycles. The Labute approximate surface area is 237 Å². The summed E-state index contributed by atoms with van der Waals surface area (Å²) in [4.78, 5) is 65.8. The van der Waals surface area contributed by atoms with E-state index in [1.54, 1.807) is 30.3 Å². The molecule has 4 amide bonds. The summed E-state index contributed by atoms with van der Waals surface area (Å²) < 4.78 is 0. The predicted octanol–water partition coefficient (Wildman–Crippen LogP) is -1.83. The highest BCUT2D eigenvalue weighted by molar-refractivity contribution is 7.98. The number of thioether (sulfide) groups is 1. The first-order chi connectivity index (χ1) is 18.9. The number of amides is 4. The number of guanidine groups is 1. The molecule has 0 aliphatic heterocycles. The van der Waals surface area contributed by atoms with Gasteiger partial charge in [0.15, 0.2) is 5.96 Å². The Balaban J connectivity index is 3.06. The third-order valence-corrected chi connectivity index (χ3v) is 6.40. The fraction of sp³-hybridized carbons (Fsp3) is 0.520. The molecule has 0 bridgehead atoms. The van der Waals surface area contributed by atoms with Crippen LogP contribution >= 0.6 is 11.8 Å². The van der Waals surface area contributed by atoms with Gasteiger partial charge in [0, 0.05) is 19.4 Å². The largest absolute Gasteiger partial charge is 0.480 e. The average molecular weight is 581 g/mol. The maximum atomic E-state index is 13.3. The topological polar surface area (TPSA) is 258 Å². The molecule has 4 atom stereocenters. The predicted molar refractivity (Wildman–Crippen MR) is 153 cm³/mol. The maximum absolute atomic E-state index is 13.3. The average Bonchev–Trinajstić information content (AvgIpc) is 2.90. The lowest BCUT2D eigenvalue weighted by atomic mass is 10.0. The number of carbonyl (C=O) groups is 5. The molecule has 15 heteroatoms. The number of carboxylic acids is 1. The van der Waals surface area contributed by atoms with E-state index in [1.165, 1.54) is 11.8 Å². The number of rotatable bonds is 19. The third kappa shape index (κ3) is 13.8. The molecule has 0 spiro atoms. The summed E-state index contributed by atoms with van der Waals surface area (Å²) in [5.74, 6) is -3.46. The van der Waals surface area contributed by atoms with E-state index in [0.717, 1.165) is 5.56 Å². The molecule has 0 saturated carbocycles. The normalized spacial score (nSPS) is 13.7. The van der Waals surface area contributed by atoms with Crippen molar-refractivity contribution in [3.8, 4) is 0 Å². The molecule has 0 aromatic heterocycles. The minimum Gasteiger partial charge on any atom is -0.480 e. The van der Waals surface area contributed by atoms with Crippen molar-refractivity contribution in [2.75, 3.05) is 18.6 Å². The standard InChI is InChI=1S/C25H40N8O6S/c1-40-13-11-17(31-21(35)16(26)9-10-20(27)34)22(36)33-19(14-15-6-3-2-4-7-15)23(37)32-18(24(38)39)8-5-12-30-25(28)29/h2-4,6-7,16-19H,5,8-14,26H2,1H3,(H2,27,34)(H,31,35)(H,32,37)(H,33,36)(H,38,39)(H4,28,29,30). The van der Waals surface area contributed by atoms with Crippen LogP contribution in [0.5, 0.6) is 0 Å². The summed E-state index contributed by atoms with van der Waals surface area (Å²) in [5.41, 5.74) is 22.3. The molecule has 0 radical (unpaired) electrons. The molecule has 0 heterocycles. The Morgan fingerprint density at radius 2 is 1.48 bits per heavy atom. The van der Waals surface area contributed by atoms with Gasteiger partial charge in [-0.05, 0) is 43.3 Å². The number of aliphatic carboxylic acids is 1. The number of nitrogens with zero attached hydrogens (tertiary/aromatic N) is 1. The van der Waals surface area contributed by atoms with E-state index < -0.39 is 53.8 Å². The van der Waals surface area contributed by atoms with E-state index in [1.807, 2.05) is 6.26 Å². The Hall–Kier alpha value is -3.85. The molecule has 14 nitrogen and oxygen atoms in total. The minimum atomic E-state index is -1.25. The molecule has 40 heavy (non-hydrogen) atoms. The number of nitrogens with one attached hydrogen (secondary N) is 3. The number of carbonyl (C=O) groups excluding carboxylic acids is 4. The van der Waals surface area contributed by atoms with Crippen LogP contribution in [0.15, 0.2) is 35.3 Å². The van der Waals surface area contributed by atoms with E-state index in [4.69, 9.17) is 22.9 Å². The van der Waals surface area contributed by atoms with Crippen LogP contribution in [0.25, 0.3) is 0 Å². The Morgan fingerprint density at radius 1 is 0.875 bits per heavy atom. The van der Waals surface area contributed by atoms with E-state index in [-0.39, 0.29) is 44.6 Å². The lowest BCUT2D eigenvalue weighted by molar-refractivity contribution is -0.142. The second-order valence-electron chi connectivity index (χ2n) is 9.05. The first-order valence-corrected chi connectivity index (χ1v) is 14.1. The Kier molecular flexibility index (Phi) is 15.8. The lowest BCUT2D eigenvalue weighted by Crippen LogP contribution is -2.57. The second-order valence-corrected chi connectivity index (χ2v) is 10.0. The van der Waals surface area contributed by atoms with E-state index >= 15 is 0 Å². The number of hydrogen-bond acceptors (Lipinski definition) is 8. The zero-order valence-electron chi connectivity index (χ0n) is 22.5. The highest BCUT2D eigenvalue weighted by atomic mass is 32.2. The number of primary amides is 1. The number of hydrogen-bond donors (Lipinski definition) is 8. The van der Waals surface area contributed by atoms with Gasteiger partial charge < -0.3 is 44.0 Å². The maximum Gasteiger partial charge on any atom is 0.326 e. The molecule has 1 aromatic rings. The number of aliphatic imine (C=N–C) groups is 1. The van der Waals surface area contributed by atoms with Gasteiger partial charge in [-0.1, -0.05) is 30.3 Å². The summed E-state index contributed by atoms with van der Waals surface area (Å²) in [7, 11) is 0. The van der Waals surface area contributed by atoms with Gasteiger partial charge in [-0.3, -0.25) is 24.2 Å². The molecule has 0 aliphatic carbocycles. The van der Waals surface area contributed by atoms with Gasteiger partial charge >= 0.3 is 5.97 Å². The van der Waals surface area contributed by atoms with Gasteiger partial charge in [-0.25, -0.2) is 4.79 Å². The summed E-state index contributed by atoms with van der Waals surface area (Å²) in [5, 5.41) is 17.3. The van der Waals surface area contributed by atoms with Crippen LogP contribution in [-0.2, 0) is 30.4 Å². The van der Waals surface area contributed by atoms with Crippen molar-refractivity contribution in [1.82, 2.24) is 16.0 Å². The molecular formula is C25H40N8O6S. The van der Waals surface area contributed by atoms with Crippen molar-refractivity contribution >= 4 is 47.3 Å².